The second-order valence-electron chi connectivity index (χ2n) is 6.88. The van der Waals surface area contributed by atoms with E-state index in [1.807, 2.05) is 13.0 Å². The summed E-state index contributed by atoms with van der Waals surface area (Å²) in [5, 5.41) is 10.8. The van der Waals surface area contributed by atoms with Crippen molar-refractivity contribution in [2.24, 2.45) is 11.7 Å². The molecule has 25 heavy (non-hydrogen) atoms. The highest BCUT2D eigenvalue weighted by atomic mass is 16.4. The number of aromatic hydroxyl groups is 1. The zero-order valence-corrected chi connectivity index (χ0v) is 14.6. The molecule has 1 amide bonds. The van der Waals surface area contributed by atoms with Crippen molar-refractivity contribution in [3.63, 3.8) is 0 Å². The van der Waals surface area contributed by atoms with E-state index >= 15 is 0 Å². The van der Waals surface area contributed by atoms with Gasteiger partial charge in [0.2, 0.25) is 5.91 Å². The number of hydrogen-bond acceptors (Lipinski definition) is 5. The Bertz CT molecular complexity index is 858. The van der Waals surface area contributed by atoms with E-state index in [2.05, 4.69) is 11.8 Å². The van der Waals surface area contributed by atoms with Crippen LogP contribution in [0.1, 0.15) is 37.8 Å². The highest BCUT2D eigenvalue weighted by Crippen LogP contribution is 2.29. The smallest absolute Gasteiger partial charge is 0.336 e. The molecule has 1 aliphatic heterocycles. The summed E-state index contributed by atoms with van der Waals surface area (Å²) in [6.07, 6.45) is 2.39. The number of nitrogens with zero attached hydrogens (tertiary/aromatic N) is 1. The number of aryl methyl sites for hydroxylation is 1. The van der Waals surface area contributed by atoms with Crippen LogP contribution in [0.3, 0.4) is 0 Å². The number of phenolic OH excluding ortho intramolecular Hbond substituents is 1. The lowest BCUT2D eigenvalue weighted by Gasteiger charge is -2.37. The van der Waals surface area contributed by atoms with Gasteiger partial charge in [-0.2, -0.15) is 0 Å². The Kier molecular flexibility index (Phi) is 4.81. The average molecular weight is 344 g/mol. The van der Waals surface area contributed by atoms with Crippen molar-refractivity contribution in [3.8, 4) is 5.75 Å². The fraction of sp³-hybridized carbons (Fsp3) is 0.474. The number of hydrogen-bond donors (Lipinski definition) is 2. The zero-order valence-electron chi connectivity index (χ0n) is 14.6. The van der Waals surface area contributed by atoms with Gasteiger partial charge in [-0.15, -0.1) is 0 Å². The number of phenols is 1. The summed E-state index contributed by atoms with van der Waals surface area (Å²) in [5.41, 5.74) is 7.07. The van der Waals surface area contributed by atoms with Crippen LogP contribution in [0.4, 0.5) is 0 Å². The van der Waals surface area contributed by atoms with Gasteiger partial charge in [-0.25, -0.2) is 4.79 Å². The van der Waals surface area contributed by atoms with Gasteiger partial charge in [0.1, 0.15) is 11.3 Å². The molecule has 1 aromatic carbocycles. The Morgan fingerprint density at radius 1 is 1.32 bits per heavy atom. The molecule has 2 unspecified atom stereocenters. The van der Waals surface area contributed by atoms with Gasteiger partial charge in [0.25, 0.3) is 0 Å². The molecular formula is C19H24N2O4. The fourth-order valence-electron chi connectivity index (χ4n) is 3.57. The third kappa shape index (κ3) is 3.54. The number of primary amides is 1. The molecule has 0 bridgehead atoms. The van der Waals surface area contributed by atoms with Crippen LogP contribution in [0, 0.1) is 5.92 Å². The summed E-state index contributed by atoms with van der Waals surface area (Å²) in [5.74, 6) is -0.291. The maximum atomic E-state index is 11.9. The van der Waals surface area contributed by atoms with Crippen molar-refractivity contribution in [1.82, 2.24) is 4.90 Å². The monoisotopic (exact) mass is 344 g/mol. The molecule has 3 N–H and O–H groups in total. The van der Waals surface area contributed by atoms with Crippen LogP contribution in [0.25, 0.3) is 11.0 Å². The molecule has 1 saturated heterocycles. The van der Waals surface area contributed by atoms with Crippen molar-refractivity contribution in [1.29, 1.82) is 0 Å². The molecule has 0 saturated carbocycles. The first-order chi connectivity index (χ1) is 11.9. The van der Waals surface area contributed by atoms with E-state index < -0.39 is 5.63 Å². The third-order valence-corrected chi connectivity index (χ3v) is 5.20. The molecule has 6 nitrogen and oxygen atoms in total. The van der Waals surface area contributed by atoms with Crippen LogP contribution in [-0.2, 0) is 17.8 Å². The van der Waals surface area contributed by atoms with E-state index in [9.17, 15) is 14.7 Å². The number of benzene rings is 1. The molecule has 134 valence electrons. The molecule has 2 aromatic rings. The highest BCUT2D eigenvalue weighted by molar-refractivity contribution is 5.83. The lowest BCUT2D eigenvalue weighted by molar-refractivity contribution is -0.124. The normalized spacial score (nSPS) is 21.5. The SMILES string of the molecule is CCc1cc2c(CN3CC(C(N)=O)CCC3C)cc(=O)oc2cc1O. The first-order valence-electron chi connectivity index (χ1n) is 8.71. The molecule has 0 spiro atoms. The first-order valence-corrected chi connectivity index (χ1v) is 8.71. The van der Waals surface area contributed by atoms with Gasteiger partial charge in [0.15, 0.2) is 0 Å². The quantitative estimate of drug-likeness (QED) is 0.828. The van der Waals surface area contributed by atoms with E-state index in [1.54, 1.807) is 0 Å². The van der Waals surface area contributed by atoms with Gasteiger partial charge >= 0.3 is 5.63 Å². The Hall–Kier alpha value is -2.34. The molecule has 1 aliphatic rings. The Balaban J connectivity index is 1.99. The molecule has 0 radical (unpaired) electrons. The highest BCUT2D eigenvalue weighted by Gasteiger charge is 2.29. The van der Waals surface area contributed by atoms with Crippen LogP contribution >= 0.6 is 0 Å². The Morgan fingerprint density at radius 3 is 2.76 bits per heavy atom. The summed E-state index contributed by atoms with van der Waals surface area (Å²) in [6, 6.07) is 5.19. The van der Waals surface area contributed by atoms with Crippen LogP contribution in [0.15, 0.2) is 27.4 Å². The zero-order chi connectivity index (χ0) is 18.1. The number of piperidine rings is 1. The summed E-state index contributed by atoms with van der Waals surface area (Å²) < 4.78 is 5.25. The summed E-state index contributed by atoms with van der Waals surface area (Å²) in [7, 11) is 0. The third-order valence-electron chi connectivity index (χ3n) is 5.20. The van der Waals surface area contributed by atoms with Crippen LogP contribution in [-0.4, -0.2) is 28.5 Å². The lowest BCUT2D eigenvalue weighted by Crippen LogP contribution is -2.45. The molecule has 1 fully saturated rings. The average Bonchev–Trinajstić information content (AvgIpc) is 2.55. The number of rotatable bonds is 4. The molecule has 2 atom stereocenters. The van der Waals surface area contributed by atoms with E-state index in [4.69, 9.17) is 10.2 Å². The van der Waals surface area contributed by atoms with Gasteiger partial charge in [-0.1, -0.05) is 6.92 Å². The van der Waals surface area contributed by atoms with Crippen LogP contribution in [0.5, 0.6) is 5.75 Å². The van der Waals surface area contributed by atoms with Gasteiger partial charge in [0.05, 0.1) is 5.92 Å². The maximum absolute atomic E-state index is 11.9. The molecule has 2 heterocycles. The topological polar surface area (TPSA) is 96.8 Å². The molecule has 1 aromatic heterocycles. The molecular weight excluding hydrogens is 320 g/mol. The largest absolute Gasteiger partial charge is 0.508 e. The Morgan fingerprint density at radius 2 is 2.08 bits per heavy atom. The van der Waals surface area contributed by atoms with E-state index in [1.165, 1.54) is 12.1 Å². The standard InChI is InChI=1S/C19H24N2O4/c1-3-12-6-15-14(7-18(23)25-17(15)8-16(12)22)10-21-9-13(19(20)24)5-4-11(21)2/h6-8,11,13,22H,3-5,9-10H2,1-2H3,(H2,20,24). The minimum Gasteiger partial charge on any atom is -0.508 e. The number of fused-ring (bicyclic) bond motifs is 1. The van der Waals surface area contributed by atoms with E-state index in [0.29, 0.717) is 31.1 Å². The Labute approximate surface area is 146 Å². The van der Waals surface area contributed by atoms with E-state index in [0.717, 1.165) is 29.4 Å². The molecule has 3 rings (SSSR count). The van der Waals surface area contributed by atoms with Gasteiger partial charge < -0.3 is 15.3 Å². The molecule has 6 heteroatoms. The van der Waals surface area contributed by atoms with Gasteiger partial charge in [0, 0.05) is 36.7 Å². The van der Waals surface area contributed by atoms with Gasteiger partial charge in [-0.3, -0.25) is 9.69 Å². The van der Waals surface area contributed by atoms with Crippen molar-refractivity contribution in [2.75, 3.05) is 6.54 Å². The summed E-state index contributed by atoms with van der Waals surface area (Å²) >= 11 is 0. The number of carbonyl (C=O) groups is 1. The lowest BCUT2D eigenvalue weighted by atomic mass is 9.92. The second-order valence-corrected chi connectivity index (χ2v) is 6.88. The van der Waals surface area contributed by atoms with Crippen LogP contribution < -0.4 is 11.4 Å². The second kappa shape index (κ2) is 6.88. The molecule has 0 aliphatic carbocycles. The fourth-order valence-corrected chi connectivity index (χ4v) is 3.57. The number of nitrogens with two attached hydrogens (primary N) is 1. The predicted molar refractivity (Wildman–Crippen MR) is 95.3 cm³/mol. The van der Waals surface area contributed by atoms with Crippen molar-refractivity contribution in [2.45, 2.75) is 45.7 Å². The van der Waals surface area contributed by atoms with Crippen molar-refractivity contribution in [3.05, 3.63) is 39.7 Å². The summed E-state index contributed by atoms with van der Waals surface area (Å²) in [6.45, 7) is 5.22. The van der Waals surface area contributed by atoms with Crippen LogP contribution in [0.2, 0.25) is 0 Å². The predicted octanol–water partition coefficient (Wildman–Crippen LogP) is 2.15. The minimum absolute atomic E-state index is 0.135. The maximum Gasteiger partial charge on any atom is 0.336 e. The number of likely N-dealkylation sites (tertiary alicyclic amines) is 1. The van der Waals surface area contributed by atoms with Gasteiger partial charge in [-0.05, 0) is 43.4 Å². The van der Waals surface area contributed by atoms with E-state index in [-0.39, 0.29) is 17.6 Å². The van der Waals surface area contributed by atoms with Crippen molar-refractivity contribution < 1.29 is 14.3 Å². The summed E-state index contributed by atoms with van der Waals surface area (Å²) in [4.78, 5) is 25.7. The number of amides is 1. The number of carbonyl (C=O) groups excluding carboxylic acids is 1. The van der Waals surface area contributed by atoms with Crippen molar-refractivity contribution >= 4 is 16.9 Å². The first kappa shape index (κ1) is 17.5. The minimum atomic E-state index is -0.442.